The summed E-state index contributed by atoms with van der Waals surface area (Å²) < 4.78 is 25.6. The van der Waals surface area contributed by atoms with Crippen LogP contribution < -0.4 is 0 Å². The zero-order chi connectivity index (χ0) is 9.19. The number of rotatable bonds is 2. The van der Waals surface area contributed by atoms with Crippen molar-refractivity contribution in [1.82, 2.24) is 0 Å². The van der Waals surface area contributed by atoms with Crippen LogP contribution in [0.15, 0.2) is 0 Å². The Bertz CT molecular complexity index is 231. The van der Waals surface area contributed by atoms with Crippen molar-refractivity contribution in [2.75, 3.05) is 0 Å². The third-order valence-electron chi connectivity index (χ3n) is 1.85. The van der Waals surface area contributed by atoms with Gasteiger partial charge in [-0.3, -0.25) is 4.18 Å². The van der Waals surface area contributed by atoms with Crippen LogP contribution in [0.2, 0.25) is 0 Å². The molecule has 1 saturated carbocycles. The molecule has 0 aromatic rings. The lowest BCUT2D eigenvalue weighted by atomic mass is 9.98. The van der Waals surface area contributed by atoms with E-state index in [1.807, 2.05) is 0 Å². The maximum absolute atomic E-state index is 10.5. The van der Waals surface area contributed by atoms with Crippen molar-refractivity contribution in [2.24, 2.45) is 0 Å². The van der Waals surface area contributed by atoms with Gasteiger partial charge in [0.15, 0.2) is 0 Å². The summed E-state index contributed by atoms with van der Waals surface area (Å²) in [6.07, 6.45) is 2.64. The van der Waals surface area contributed by atoms with Gasteiger partial charge in [-0.2, -0.15) is 8.42 Å². The second kappa shape index (κ2) is 4.13. The molecular formula is C6H10Cl2O3S. The highest BCUT2D eigenvalue weighted by Crippen LogP contribution is 2.26. The van der Waals surface area contributed by atoms with E-state index in [4.69, 9.17) is 22.3 Å². The molecule has 0 bridgehead atoms. The van der Waals surface area contributed by atoms with Crippen LogP contribution in [0.1, 0.15) is 25.7 Å². The van der Waals surface area contributed by atoms with Gasteiger partial charge in [0.25, 0.3) is 0 Å². The predicted octanol–water partition coefficient (Wildman–Crippen LogP) is 2.04. The zero-order valence-corrected chi connectivity index (χ0v) is 8.70. The molecule has 1 aliphatic carbocycles. The van der Waals surface area contributed by atoms with E-state index in [2.05, 4.69) is 4.18 Å². The van der Waals surface area contributed by atoms with Gasteiger partial charge in [0.1, 0.15) is 0 Å². The molecule has 3 nitrogen and oxygen atoms in total. The van der Waals surface area contributed by atoms with Crippen molar-refractivity contribution in [3.63, 3.8) is 0 Å². The third-order valence-corrected chi connectivity index (χ3v) is 3.01. The molecule has 1 aliphatic rings. The van der Waals surface area contributed by atoms with Gasteiger partial charge in [-0.15, -0.1) is 11.6 Å². The topological polar surface area (TPSA) is 43.4 Å². The van der Waals surface area contributed by atoms with E-state index in [0.717, 1.165) is 12.8 Å². The highest BCUT2D eigenvalue weighted by Gasteiger charge is 2.23. The SMILES string of the molecule is O=S(=O)(Cl)OC1CCC(Cl)CC1. The maximum Gasteiger partial charge on any atom is 0.355 e. The minimum absolute atomic E-state index is 0.155. The monoisotopic (exact) mass is 232 g/mol. The van der Waals surface area contributed by atoms with E-state index >= 15 is 0 Å². The zero-order valence-electron chi connectivity index (χ0n) is 6.37. The summed E-state index contributed by atoms with van der Waals surface area (Å²) in [5, 5.41) is 0.155. The number of halogens is 2. The Hall–Kier alpha value is 0.490. The van der Waals surface area contributed by atoms with Gasteiger partial charge in [-0.1, -0.05) is 0 Å². The van der Waals surface area contributed by atoms with Crippen LogP contribution in [0.3, 0.4) is 0 Å². The molecule has 0 aromatic carbocycles. The van der Waals surface area contributed by atoms with Crippen LogP contribution in [0.5, 0.6) is 0 Å². The quantitative estimate of drug-likeness (QED) is 0.541. The van der Waals surface area contributed by atoms with Gasteiger partial charge in [0.2, 0.25) is 0 Å². The molecule has 0 atom stereocenters. The largest absolute Gasteiger partial charge is 0.355 e. The molecule has 0 saturated heterocycles. The van der Waals surface area contributed by atoms with Crippen LogP contribution in [-0.2, 0) is 13.5 Å². The highest BCUT2D eigenvalue weighted by atomic mass is 35.7. The van der Waals surface area contributed by atoms with Crippen LogP contribution in [0.4, 0.5) is 0 Å². The Morgan fingerprint density at radius 2 is 1.67 bits per heavy atom. The molecule has 0 aliphatic heterocycles. The summed E-state index contributed by atoms with van der Waals surface area (Å²) in [6, 6.07) is 0. The molecule has 0 aromatic heterocycles. The van der Waals surface area contributed by atoms with Crippen molar-refractivity contribution >= 4 is 31.6 Å². The van der Waals surface area contributed by atoms with Gasteiger partial charge < -0.3 is 0 Å². The van der Waals surface area contributed by atoms with Crippen LogP contribution >= 0.6 is 22.3 Å². The van der Waals surface area contributed by atoms with Crippen LogP contribution in [0.25, 0.3) is 0 Å². The van der Waals surface area contributed by atoms with Crippen molar-refractivity contribution in [3.05, 3.63) is 0 Å². The summed E-state index contributed by atoms with van der Waals surface area (Å²) in [5.74, 6) is 0. The number of hydrogen-bond donors (Lipinski definition) is 0. The van der Waals surface area contributed by atoms with Gasteiger partial charge >= 0.3 is 9.33 Å². The minimum Gasteiger partial charge on any atom is -0.255 e. The molecule has 6 heteroatoms. The van der Waals surface area contributed by atoms with Crippen molar-refractivity contribution in [2.45, 2.75) is 37.2 Å². The fourth-order valence-electron chi connectivity index (χ4n) is 1.28. The maximum atomic E-state index is 10.5. The summed E-state index contributed by atoms with van der Waals surface area (Å²) in [4.78, 5) is 0. The fourth-order valence-corrected chi connectivity index (χ4v) is 2.36. The molecule has 0 spiro atoms. The lowest BCUT2D eigenvalue weighted by Crippen LogP contribution is -2.22. The second-order valence-corrected chi connectivity index (χ2v) is 5.59. The Morgan fingerprint density at radius 3 is 2.08 bits per heavy atom. The molecule has 12 heavy (non-hydrogen) atoms. The average Bonchev–Trinajstić information content (AvgIpc) is 1.91. The van der Waals surface area contributed by atoms with E-state index in [9.17, 15) is 8.42 Å². The van der Waals surface area contributed by atoms with Gasteiger partial charge in [0, 0.05) is 16.1 Å². The van der Waals surface area contributed by atoms with Gasteiger partial charge in [0.05, 0.1) is 6.10 Å². The first-order valence-electron chi connectivity index (χ1n) is 3.74. The highest BCUT2D eigenvalue weighted by molar-refractivity contribution is 8.10. The molecule has 1 rings (SSSR count). The van der Waals surface area contributed by atoms with E-state index in [1.165, 1.54) is 0 Å². The van der Waals surface area contributed by atoms with E-state index in [1.54, 1.807) is 0 Å². The number of hydrogen-bond acceptors (Lipinski definition) is 3. The second-order valence-electron chi connectivity index (χ2n) is 2.86. The fraction of sp³-hybridized carbons (Fsp3) is 1.00. The average molecular weight is 233 g/mol. The Labute approximate surface area is 81.6 Å². The first-order valence-corrected chi connectivity index (χ1v) is 6.41. The summed E-state index contributed by atoms with van der Waals surface area (Å²) >= 11 is 5.82. The standard InChI is InChI=1S/C6H10Cl2O3S/c7-5-1-3-6(4-2-5)11-12(8,9)10/h5-6H,1-4H2. The van der Waals surface area contributed by atoms with Crippen molar-refractivity contribution < 1.29 is 12.6 Å². The smallest absolute Gasteiger partial charge is 0.255 e. The molecule has 0 N–H and O–H groups in total. The Balaban J connectivity index is 2.36. The molecule has 1 fully saturated rings. The lowest BCUT2D eigenvalue weighted by molar-refractivity contribution is 0.168. The van der Waals surface area contributed by atoms with E-state index in [-0.39, 0.29) is 11.5 Å². The number of alkyl halides is 1. The molecular weight excluding hydrogens is 223 g/mol. The minimum atomic E-state index is -3.81. The first kappa shape index (κ1) is 10.6. The van der Waals surface area contributed by atoms with Gasteiger partial charge in [-0.25, -0.2) is 0 Å². The molecule has 0 unspecified atom stereocenters. The van der Waals surface area contributed by atoms with E-state index in [0.29, 0.717) is 12.8 Å². The normalized spacial score (nSPS) is 31.8. The van der Waals surface area contributed by atoms with E-state index < -0.39 is 9.33 Å². The third kappa shape index (κ3) is 3.94. The molecule has 0 amide bonds. The first-order chi connectivity index (χ1) is 5.47. The van der Waals surface area contributed by atoms with Crippen LogP contribution in [0, 0.1) is 0 Å². The van der Waals surface area contributed by atoms with Crippen LogP contribution in [-0.4, -0.2) is 19.9 Å². The molecule has 72 valence electrons. The summed E-state index contributed by atoms with van der Waals surface area (Å²) in [6.45, 7) is 0. The Kier molecular flexibility index (Phi) is 3.64. The predicted molar refractivity (Wildman–Crippen MR) is 47.8 cm³/mol. The molecule has 0 radical (unpaired) electrons. The van der Waals surface area contributed by atoms with Crippen molar-refractivity contribution in [1.29, 1.82) is 0 Å². The van der Waals surface area contributed by atoms with Crippen molar-refractivity contribution in [3.8, 4) is 0 Å². The lowest BCUT2D eigenvalue weighted by Gasteiger charge is -2.23. The Morgan fingerprint density at radius 1 is 1.17 bits per heavy atom. The molecule has 0 heterocycles. The summed E-state index contributed by atoms with van der Waals surface area (Å²) in [7, 11) is 1.11. The van der Waals surface area contributed by atoms with Gasteiger partial charge in [-0.05, 0) is 25.7 Å². The summed E-state index contributed by atoms with van der Waals surface area (Å²) in [5.41, 5.74) is 0.